The molecule has 0 N–H and O–H groups in total. The number of Topliss-reactive ketones (excluding diaryl/α,β-unsaturated/α-hetero) is 4. The molecule has 2 fully saturated rings. The van der Waals surface area contributed by atoms with Gasteiger partial charge in [-0.3, -0.25) is 9.59 Å². The number of ether oxygens (including phenoxy) is 3. The maximum absolute atomic E-state index is 13.1. The zero-order valence-electron chi connectivity index (χ0n) is 22.8. The Hall–Kier alpha value is -3.46. The molecule has 4 aliphatic rings. The summed E-state index contributed by atoms with van der Waals surface area (Å²) >= 11 is 0. The number of esters is 2. The average Bonchev–Trinajstić information content (AvgIpc) is 3.48. The van der Waals surface area contributed by atoms with Crippen molar-refractivity contribution in [1.29, 1.82) is 0 Å². The minimum absolute atomic E-state index is 0.0326. The quantitative estimate of drug-likeness (QED) is 0.304. The van der Waals surface area contributed by atoms with Crippen LogP contribution in [-0.4, -0.2) is 59.5 Å². The molecular weight excluding hydrogens is 504 g/mol. The van der Waals surface area contributed by atoms with Gasteiger partial charge in [0.1, 0.15) is 23.8 Å². The third-order valence-corrected chi connectivity index (χ3v) is 8.29. The lowest BCUT2D eigenvalue weighted by molar-refractivity contribution is -0.139. The van der Waals surface area contributed by atoms with Crippen molar-refractivity contribution in [2.75, 3.05) is 0 Å². The fourth-order valence-corrected chi connectivity index (χ4v) is 6.02. The molecular formula is C30H34O9. The Morgan fingerprint density at radius 1 is 0.744 bits per heavy atom. The Labute approximate surface area is 227 Å². The molecule has 0 amide bonds. The van der Waals surface area contributed by atoms with Crippen LogP contribution in [0.1, 0.15) is 66.2 Å². The summed E-state index contributed by atoms with van der Waals surface area (Å²) in [5.41, 5.74) is 2.45. The Balaban J connectivity index is 1.55. The molecule has 9 heteroatoms. The molecule has 208 valence electrons. The second-order valence-corrected chi connectivity index (χ2v) is 11.0. The Kier molecular flexibility index (Phi) is 8.02. The SMILES string of the molecule is C=C1C(=O)OC(C2=C(C)C(OC3CC(=O)C(C4OC(=O)C(=C)C4CCC(C)=O)=C3C)CC2=O)C1CCC(C)=O. The van der Waals surface area contributed by atoms with E-state index in [0.29, 0.717) is 35.1 Å². The standard InChI is InChI=1S/C30H34O9/c1-13(31)7-9-19-15(3)29(35)38-27(19)25-17(5)23(11-21(25)33)37-24-12-22(34)26(18(24)6)28-20(10-8-14(2)32)16(4)30(36)39-28/h19-20,23-24,27-28H,3-4,7-12H2,1-2,5-6H3. The molecule has 9 nitrogen and oxygen atoms in total. The minimum Gasteiger partial charge on any atom is -0.453 e. The second kappa shape index (κ2) is 11.0. The summed E-state index contributed by atoms with van der Waals surface area (Å²) in [4.78, 5) is 73.9. The highest BCUT2D eigenvalue weighted by atomic mass is 16.6. The van der Waals surface area contributed by atoms with Crippen LogP contribution in [0.15, 0.2) is 46.6 Å². The van der Waals surface area contributed by atoms with Crippen LogP contribution in [0.4, 0.5) is 0 Å². The molecule has 2 saturated heterocycles. The molecule has 0 spiro atoms. The molecule has 0 radical (unpaired) electrons. The first-order chi connectivity index (χ1) is 18.3. The lowest BCUT2D eigenvalue weighted by Crippen LogP contribution is -2.24. The third kappa shape index (κ3) is 5.37. The van der Waals surface area contributed by atoms with Gasteiger partial charge in [0.25, 0.3) is 0 Å². The summed E-state index contributed by atoms with van der Waals surface area (Å²) in [5.74, 6) is -2.61. The monoisotopic (exact) mass is 538 g/mol. The first-order valence-electron chi connectivity index (χ1n) is 13.2. The molecule has 0 aromatic heterocycles. The number of rotatable bonds is 10. The van der Waals surface area contributed by atoms with Gasteiger partial charge in [0.05, 0.1) is 12.2 Å². The van der Waals surface area contributed by atoms with Crippen LogP contribution in [0.3, 0.4) is 0 Å². The molecule has 0 aromatic carbocycles. The van der Waals surface area contributed by atoms with Crippen LogP contribution >= 0.6 is 0 Å². The van der Waals surface area contributed by atoms with Gasteiger partial charge in [-0.05, 0) is 51.7 Å². The molecule has 2 aliphatic heterocycles. The predicted octanol–water partition coefficient (Wildman–Crippen LogP) is 3.25. The lowest BCUT2D eigenvalue weighted by atomic mass is 9.86. The zero-order chi connectivity index (χ0) is 28.8. The van der Waals surface area contributed by atoms with Crippen molar-refractivity contribution in [3.63, 3.8) is 0 Å². The van der Waals surface area contributed by atoms with Crippen molar-refractivity contribution >= 4 is 35.1 Å². The third-order valence-electron chi connectivity index (χ3n) is 8.29. The number of cyclic esters (lactones) is 2. The van der Waals surface area contributed by atoms with Gasteiger partial charge in [-0.15, -0.1) is 0 Å². The Morgan fingerprint density at radius 3 is 1.44 bits per heavy atom. The second-order valence-electron chi connectivity index (χ2n) is 11.0. The molecule has 2 heterocycles. The minimum atomic E-state index is -0.825. The van der Waals surface area contributed by atoms with E-state index in [1.165, 1.54) is 13.8 Å². The van der Waals surface area contributed by atoms with Crippen LogP contribution in [-0.2, 0) is 43.0 Å². The highest BCUT2D eigenvalue weighted by Gasteiger charge is 2.49. The van der Waals surface area contributed by atoms with E-state index in [-0.39, 0.29) is 60.0 Å². The molecule has 6 atom stereocenters. The first-order valence-corrected chi connectivity index (χ1v) is 13.2. The summed E-state index contributed by atoms with van der Waals surface area (Å²) in [6.07, 6.45) is -1.68. The van der Waals surface area contributed by atoms with E-state index in [1.807, 2.05) is 0 Å². The molecule has 0 saturated carbocycles. The number of hydrogen-bond donors (Lipinski definition) is 0. The van der Waals surface area contributed by atoms with Gasteiger partial charge >= 0.3 is 11.9 Å². The summed E-state index contributed by atoms with van der Waals surface area (Å²) < 4.78 is 17.4. The van der Waals surface area contributed by atoms with Gasteiger partial charge < -0.3 is 23.8 Å². The van der Waals surface area contributed by atoms with Crippen molar-refractivity contribution in [2.24, 2.45) is 11.8 Å². The molecule has 0 bridgehead atoms. The van der Waals surface area contributed by atoms with Crippen LogP contribution in [0.25, 0.3) is 0 Å². The van der Waals surface area contributed by atoms with E-state index < -0.39 is 48.2 Å². The van der Waals surface area contributed by atoms with Gasteiger partial charge in [0.15, 0.2) is 11.6 Å². The molecule has 39 heavy (non-hydrogen) atoms. The normalized spacial score (nSPS) is 31.1. The summed E-state index contributed by atoms with van der Waals surface area (Å²) in [7, 11) is 0. The summed E-state index contributed by atoms with van der Waals surface area (Å²) in [6.45, 7) is 14.1. The number of hydrogen-bond acceptors (Lipinski definition) is 9. The Morgan fingerprint density at radius 2 is 1.10 bits per heavy atom. The summed E-state index contributed by atoms with van der Waals surface area (Å²) in [5, 5.41) is 0. The topological polar surface area (TPSA) is 130 Å². The molecule has 4 rings (SSSR count). The van der Waals surface area contributed by atoms with E-state index in [4.69, 9.17) is 14.2 Å². The fourth-order valence-electron chi connectivity index (χ4n) is 6.02. The van der Waals surface area contributed by atoms with Gasteiger partial charge in [-0.25, -0.2) is 9.59 Å². The van der Waals surface area contributed by atoms with Gasteiger partial charge in [-0.1, -0.05) is 13.2 Å². The van der Waals surface area contributed by atoms with Gasteiger partial charge in [0.2, 0.25) is 0 Å². The van der Waals surface area contributed by atoms with E-state index in [2.05, 4.69) is 13.2 Å². The van der Waals surface area contributed by atoms with Crippen LogP contribution in [0.5, 0.6) is 0 Å². The number of carbonyl (C=O) groups excluding carboxylic acids is 6. The van der Waals surface area contributed by atoms with Crippen LogP contribution < -0.4 is 0 Å². The van der Waals surface area contributed by atoms with Gasteiger partial charge in [0, 0.05) is 59.8 Å². The van der Waals surface area contributed by atoms with Crippen LogP contribution in [0.2, 0.25) is 0 Å². The lowest BCUT2D eigenvalue weighted by Gasteiger charge is -2.22. The number of carbonyl (C=O) groups is 6. The maximum atomic E-state index is 13.1. The van der Waals surface area contributed by atoms with Crippen molar-refractivity contribution in [3.8, 4) is 0 Å². The van der Waals surface area contributed by atoms with Crippen molar-refractivity contribution in [3.05, 3.63) is 46.6 Å². The molecule has 2 aliphatic carbocycles. The molecule has 0 aromatic rings. The van der Waals surface area contributed by atoms with Crippen molar-refractivity contribution < 1.29 is 43.0 Å². The Bertz CT molecular complexity index is 1170. The van der Waals surface area contributed by atoms with E-state index in [9.17, 15) is 28.8 Å². The fraction of sp³-hybridized carbons (Fsp3) is 0.533. The average molecular weight is 539 g/mol. The predicted molar refractivity (Wildman–Crippen MR) is 138 cm³/mol. The van der Waals surface area contributed by atoms with E-state index in [1.54, 1.807) is 13.8 Å². The van der Waals surface area contributed by atoms with Gasteiger partial charge in [-0.2, -0.15) is 0 Å². The highest BCUT2D eigenvalue weighted by molar-refractivity contribution is 6.04. The molecule has 6 unspecified atom stereocenters. The van der Waals surface area contributed by atoms with Crippen molar-refractivity contribution in [1.82, 2.24) is 0 Å². The van der Waals surface area contributed by atoms with E-state index in [0.717, 1.165) is 0 Å². The zero-order valence-corrected chi connectivity index (χ0v) is 22.8. The highest BCUT2D eigenvalue weighted by Crippen LogP contribution is 2.43. The maximum Gasteiger partial charge on any atom is 0.334 e. The first kappa shape index (κ1) is 28.5. The number of ketones is 4. The van der Waals surface area contributed by atoms with Crippen molar-refractivity contribution in [2.45, 2.75) is 90.6 Å². The largest absolute Gasteiger partial charge is 0.453 e. The van der Waals surface area contributed by atoms with Crippen LogP contribution in [0, 0.1) is 11.8 Å². The summed E-state index contributed by atoms with van der Waals surface area (Å²) in [6, 6.07) is 0. The smallest absolute Gasteiger partial charge is 0.334 e. The van der Waals surface area contributed by atoms with E-state index >= 15 is 0 Å².